The third-order valence-electron chi connectivity index (χ3n) is 12.0. The minimum absolute atomic E-state index is 0.0195. The fourth-order valence-corrected chi connectivity index (χ4v) is 8.69. The largest absolute Gasteiger partial charge is 0.415 e. The molecule has 1 atom stereocenters. The van der Waals surface area contributed by atoms with Crippen LogP contribution in [0.2, 0.25) is 0 Å². The average molecular weight is 790 g/mol. The molecule has 1 aromatic heterocycles. The topological polar surface area (TPSA) is 108 Å². The molecule has 1 fully saturated rings. The number of aliphatic hydroxyl groups excluding tert-OH is 1. The number of rotatable bonds is 14. The Kier molecular flexibility index (Phi) is 13.6. The highest BCUT2D eigenvalue weighted by Gasteiger charge is 2.35. The summed E-state index contributed by atoms with van der Waals surface area (Å²) in [7, 11) is 0. The van der Waals surface area contributed by atoms with Crippen molar-refractivity contribution in [3.05, 3.63) is 112 Å². The second-order valence-corrected chi connectivity index (χ2v) is 15.9. The van der Waals surface area contributed by atoms with Gasteiger partial charge in [0.2, 0.25) is 0 Å². The number of benzene rings is 3. The maximum absolute atomic E-state index is 15.5. The van der Waals surface area contributed by atoms with E-state index in [1.165, 1.54) is 5.56 Å². The van der Waals surface area contributed by atoms with Gasteiger partial charge in [-0.05, 0) is 85.2 Å². The van der Waals surface area contributed by atoms with Crippen LogP contribution in [0.4, 0.5) is 4.79 Å². The van der Waals surface area contributed by atoms with E-state index < -0.39 is 6.09 Å². The smallest absolute Gasteiger partial charge is 0.410 e. The fraction of sp³-hybridized carbons (Fsp3) is 0.468. The molecule has 4 heterocycles. The predicted octanol–water partition coefficient (Wildman–Crippen LogP) is 6.95. The van der Waals surface area contributed by atoms with Gasteiger partial charge in [0.1, 0.15) is 5.75 Å². The van der Waals surface area contributed by atoms with Gasteiger partial charge in [-0.3, -0.25) is 14.5 Å². The molecule has 1 saturated heterocycles. The predicted molar refractivity (Wildman–Crippen MR) is 225 cm³/mol. The summed E-state index contributed by atoms with van der Waals surface area (Å²) in [6.07, 6.45) is 4.69. The Balaban J connectivity index is 1.32. The van der Waals surface area contributed by atoms with Crippen LogP contribution in [0.1, 0.15) is 88.2 Å². The summed E-state index contributed by atoms with van der Waals surface area (Å²) < 4.78 is 13.4. The van der Waals surface area contributed by atoms with Crippen LogP contribution in [0, 0.1) is 6.92 Å². The number of amides is 3. The molecule has 3 aliphatic rings. The summed E-state index contributed by atoms with van der Waals surface area (Å²) in [5.41, 5.74) is 7.69. The molecule has 11 nitrogen and oxygen atoms in total. The molecule has 0 saturated carbocycles. The quantitative estimate of drug-likeness (QED) is 0.147. The van der Waals surface area contributed by atoms with Crippen molar-refractivity contribution >= 4 is 17.9 Å². The van der Waals surface area contributed by atoms with Crippen molar-refractivity contribution in [1.82, 2.24) is 24.2 Å². The summed E-state index contributed by atoms with van der Waals surface area (Å²) >= 11 is 0. The van der Waals surface area contributed by atoms with Crippen molar-refractivity contribution < 1.29 is 29.0 Å². The first-order valence-electron chi connectivity index (χ1n) is 21.3. The molecule has 308 valence electrons. The Labute approximate surface area is 343 Å². The maximum Gasteiger partial charge on any atom is 0.415 e. The molecule has 3 aliphatic heterocycles. The number of aromatic nitrogens is 1. The lowest BCUT2D eigenvalue weighted by molar-refractivity contribution is 0.0193. The third-order valence-corrected chi connectivity index (χ3v) is 12.0. The number of carbonyl (C=O) groups is 3. The molecule has 11 heteroatoms. The summed E-state index contributed by atoms with van der Waals surface area (Å²) in [4.78, 5) is 51.4. The fourth-order valence-electron chi connectivity index (χ4n) is 8.69. The van der Waals surface area contributed by atoms with Crippen LogP contribution in [-0.4, -0.2) is 112 Å². The van der Waals surface area contributed by atoms with Crippen LogP contribution in [0.25, 0.3) is 11.3 Å². The van der Waals surface area contributed by atoms with Gasteiger partial charge in [0.25, 0.3) is 11.8 Å². The molecule has 3 aromatic carbocycles. The Bertz CT molecular complexity index is 2050. The summed E-state index contributed by atoms with van der Waals surface area (Å²) in [5.74, 6) is 0.368. The first-order valence-corrected chi connectivity index (χ1v) is 21.3. The van der Waals surface area contributed by atoms with Crippen LogP contribution in [0.15, 0.2) is 72.8 Å². The lowest BCUT2D eigenvalue weighted by Gasteiger charge is -2.41. The molecular weight excluding hydrogens is 731 g/mol. The van der Waals surface area contributed by atoms with Crippen LogP contribution < -0.4 is 4.74 Å². The number of morpholine rings is 1. The molecule has 4 aromatic rings. The van der Waals surface area contributed by atoms with Crippen molar-refractivity contribution in [1.29, 1.82) is 0 Å². The van der Waals surface area contributed by atoms with E-state index in [4.69, 9.17) is 9.47 Å². The Morgan fingerprint density at radius 1 is 0.828 bits per heavy atom. The van der Waals surface area contributed by atoms with E-state index in [9.17, 15) is 14.7 Å². The number of unbranched alkanes of at least 4 members (excludes halogenated alkanes) is 2. The molecule has 0 aliphatic carbocycles. The normalized spacial score (nSPS) is 16.8. The molecule has 0 unspecified atom stereocenters. The van der Waals surface area contributed by atoms with Crippen molar-refractivity contribution in [2.75, 3.05) is 59.1 Å². The molecule has 0 spiro atoms. The van der Waals surface area contributed by atoms with E-state index in [0.29, 0.717) is 69.2 Å². The Hall–Kier alpha value is -4.97. The number of fused-ring (bicyclic) bond motifs is 2. The van der Waals surface area contributed by atoms with Gasteiger partial charge < -0.3 is 33.8 Å². The molecule has 1 N–H and O–H groups in total. The van der Waals surface area contributed by atoms with E-state index in [1.54, 1.807) is 17.0 Å². The summed E-state index contributed by atoms with van der Waals surface area (Å²) in [5, 5.41) is 10.4. The molecule has 7 rings (SSSR count). The highest BCUT2D eigenvalue weighted by molar-refractivity contribution is 6.03. The van der Waals surface area contributed by atoms with Crippen LogP contribution in [-0.2, 0) is 37.2 Å². The van der Waals surface area contributed by atoms with Crippen molar-refractivity contribution in [3.8, 4) is 17.0 Å². The average Bonchev–Trinajstić information content (AvgIpc) is 3.57. The van der Waals surface area contributed by atoms with E-state index >= 15 is 4.79 Å². The van der Waals surface area contributed by atoms with E-state index in [0.717, 1.165) is 85.4 Å². The van der Waals surface area contributed by atoms with Gasteiger partial charge in [0.15, 0.2) is 0 Å². The molecular formula is C47H59N5O6. The monoisotopic (exact) mass is 789 g/mol. The zero-order valence-corrected chi connectivity index (χ0v) is 34.5. The van der Waals surface area contributed by atoms with Crippen molar-refractivity contribution in [3.63, 3.8) is 0 Å². The maximum atomic E-state index is 15.5. The first-order chi connectivity index (χ1) is 28.3. The molecule has 0 radical (unpaired) electrons. The van der Waals surface area contributed by atoms with Crippen LogP contribution >= 0.6 is 0 Å². The molecule has 0 bridgehead atoms. The van der Waals surface area contributed by atoms with Crippen LogP contribution in [0.5, 0.6) is 5.75 Å². The van der Waals surface area contributed by atoms with Gasteiger partial charge in [0, 0.05) is 87.5 Å². The van der Waals surface area contributed by atoms with Gasteiger partial charge >= 0.3 is 6.09 Å². The number of para-hydroxylation sites is 1. The summed E-state index contributed by atoms with van der Waals surface area (Å²) in [6, 6.07) is 23.4. The lowest BCUT2D eigenvalue weighted by Crippen LogP contribution is -2.52. The van der Waals surface area contributed by atoms with E-state index in [1.807, 2.05) is 57.7 Å². The second-order valence-electron chi connectivity index (χ2n) is 15.9. The highest BCUT2D eigenvalue weighted by atomic mass is 16.6. The van der Waals surface area contributed by atoms with Gasteiger partial charge in [0.05, 0.1) is 25.4 Å². The number of ether oxygens (including phenoxy) is 2. The first kappa shape index (κ1) is 41.2. The summed E-state index contributed by atoms with van der Waals surface area (Å²) in [6.45, 7) is 12.7. The number of hydrogen-bond acceptors (Lipinski definition) is 7. The molecule has 58 heavy (non-hydrogen) atoms. The van der Waals surface area contributed by atoms with Gasteiger partial charge in [-0.15, -0.1) is 0 Å². The lowest BCUT2D eigenvalue weighted by atomic mass is 9.89. The zero-order chi connectivity index (χ0) is 40.6. The number of hydrogen-bond donors (Lipinski definition) is 1. The van der Waals surface area contributed by atoms with Gasteiger partial charge in [-0.1, -0.05) is 69.2 Å². The van der Waals surface area contributed by atoms with E-state index in [-0.39, 0.29) is 31.0 Å². The minimum Gasteiger partial charge on any atom is -0.410 e. The third kappa shape index (κ3) is 9.17. The SMILES string of the molecule is CCCCN(CCCC)C(=O)c1cc(-c2cc3c(cc2C(=O)N2Cc4ccccc4C[C@H]2CN2CCOCC2)CN(C(=O)Oc2ccccc2)CC3)n(CCO)c1C. The van der Waals surface area contributed by atoms with Crippen LogP contribution in [0.3, 0.4) is 0 Å². The minimum atomic E-state index is -0.432. The standard InChI is InChI=1S/C47H59N5O6/c1-4-6-18-49(19-7-5-2)45(54)41-30-44(51(21-24-53)34(41)3)42-28-36-17-20-50(47(56)58-40-15-9-8-10-16-40)31-38(36)29-43(42)46(55)52-32-37-14-12-11-13-35(37)27-39(52)33-48-22-25-57-26-23-48/h8-16,28-30,39,53H,4-7,17-27,31-33H2,1-3H3/t39-/m0/s1. The second kappa shape index (κ2) is 19.2. The van der Waals surface area contributed by atoms with Crippen molar-refractivity contribution in [2.24, 2.45) is 0 Å². The number of nitrogens with zero attached hydrogens (tertiary/aromatic N) is 5. The van der Waals surface area contributed by atoms with Crippen molar-refractivity contribution in [2.45, 2.75) is 85.0 Å². The molecule has 3 amide bonds. The van der Waals surface area contributed by atoms with Gasteiger partial charge in [-0.25, -0.2) is 4.79 Å². The Morgan fingerprint density at radius 3 is 2.24 bits per heavy atom. The van der Waals surface area contributed by atoms with Gasteiger partial charge in [-0.2, -0.15) is 0 Å². The van der Waals surface area contributed by atoms with E-state index in [2.05, 4.69) is 43.0 Å². The number of carbonyl (C=O) groups excluding carboxylic acids is 3. The zero-order valence-electron chi connectivity index (χ0n) is 34.5. The Morgan fingerprint density at radius 2 is 1.53 bits per heavy atom. The highest BCUT2D eigenvalue weighted by Crippen LogP contribution is 2.36. The number of aliphatic hydroxyl groups is 1.